The Kier molecular flexibility index (Phi) is 1.98. The molecule has 0 unspecified atom stereocenters. The molecule has 90 valence electrons. The molecule has 0 aromatic heterocycles. The summed E-state index contributed by atoms with van der Waals surface area (Å²) in [5, 5.41) is 11.1. The fourth-order valence-corrected chi connectivity index (χ4v) is 3.95. The van der Waals surface area contributed by atoms with Crippen LogP contribution in [-0.4, -0.2) is 5.11 Å². The smallest absolute Gasteiger partial charge is 0.0970 e. The van der Waals surface area contributed by atoms with Gasteiger partial charge < -0.3 is 5.11 Å². The van der Waals surface area contributed by atoms with Gasteiger partial charge in [0.15, 0.2) is 0 Å². The fourth-order valence-electron chi connectivity index (χ4n) is 3.95. The van der Waals surface area contributed by atoms with E-state index in [1.165, 1.54) is 11.1 Å². The van der Waals surface area contributed by atoms with Crippen LogP contribution in [0.2, 0.25) is 0 Å². The Bertz CT molecular complexity index is 590. The van der Waals surface area contributed by atoms with E-state index in [4.69, 9.17) is 0 Å². The largest absolute Gasteiger partial charge is 0.385 e. The first-order valence-corrected chi connectivity index (χ1v) is 6.66. The molecule has 1 saturated carbocycles. The Morgan fingerprint density at radius 2 is 1.56 bits per heavy atom. The zero-order chi connectivity index (χ0) is 12.2. The third-order valence-corrected chi connectivity index (χ3v) is 4.74. The first-order chi connectivity index (χ1) is 8.79. The number of benzene rings is 2. The SMILES string of the molecule is O[C@@]1(c2ccccc2)C[C@H]2C[C@@H]1c1ccccc12. The van der Waals surface area contributed by atoms with E-state index in [9.17, 15) is 5.11 Å². The van der Waals surface area contributed by atoms with Crippen molar-refractivity contribution in [1.82, 2.24) is 0 Å². The van der Waals surface area contributed by atoms with E-state index in [1.807, 2.05) is 18.2 Å². The molecule has 3 atom stereocenters. The van der Waals surface area contributed by atoms with Gasteiger partial charge in [-0.2, -0.15) is 0 Å². The highest BCUT2D eigenvalue weighted by atomic mass is 16.3. The second kappa shape index (κ2) is 3.46. The molecule has 4 rings (SSSR count). The number of fused-ring (bicyclic) bond motifs is 5. The Hall–Kier alpha value is -1.60. The molecule has 1 fully saturated rings. The highest BCUT2D eigenvalue weighted by Gasteiger charge is 2.53. The van der Waals surface area contributed by atoms with Crippen LogP contribution in [-0.2, 0) is 5.60 Å². The van der Waals surface area contributed by atoms with Gasteiger partial charge in [0.1, 0.15) is 0 Å². The van der Waals surface area contributed by atoms with E-state index in [1.54, 1.807) is 0 Å². The summed E-state index contributed by atoms with van der Waals surface area (Å²) in [6.45, 7) is 0. The quantitative estimate of drug-likeness (QED) is 0.802. The predicted octanol–water partition coefficient (Wildman–Crippen LogP) is 3.55. The van der Waals surface area contributed by atoms with Crippen molar-refractivity contribution < 1.29 is 5.11 Å². The van der Waals surface area contributed by atoms with Crippen molar-refractivity contribution in [2.75, 3.05) is 0 Å². The molecule has 2 aromatic carbocycles. The number of hydrogen-bond acceptors (Lipinski definition) is 1. The van der Waals surface area contributed by atoms with Crippen LogP contribution in [0.15, 0.2) is 54.6 Å². The van der Waals surface area contributed by atoms with Crippen molar-refractivity contribution in [2.45, 2.75) is 30.3 Å². The van der Waals surface area contributed by atoms with Gasteiger partial charge in [-0.1, -0.05) is 54.6 Å². The summed E-state index contributed by atoms with van der Waals surface area (Å²) in [6.07, 6.45) is 1.98. The standard InChI is InChI=1S/C17H16O/c18-17(13-6-2-1-3-7-13)11-12-10-16(17)15-9-5-4-8-14(12)15/h1-9,12,16,18H,10-11H2/t12-,16-,17-/m1/s1. The molecular formula is C17H16O. The molecule has 2 aliphatic rings. The molecule has 1 N–H and O–H groups in total. The lowest BCUT2D eigenvalue weighted by Crippen LogP contribution is -2.31. The van der Waals surface area contributed by atoms with Crippen LogP contribution in [0.1, 0.15) is 41.4 Å². The van der Waals surface area contributed by atoms with Gasteiger partial charge in [0.25, 0.3) is 0 Å². The maximum absolute atomic E-state index is 11.1. The van der Waals surface area contributed by atoms with Crippen LogP contribution >= 0.6 is 0 Å². The average molecular weight is 236 g/mol. The molecule has 0 aliphatic heterocycles. The highest BCUT2D eigenvalue weighted by Crippen LogP contribution is 2.61. The highest BCUT2D eigenvalue weighted by molar-refractivity contribution is 5.47. The minimum Gasteiger partial charge on any atom is -0.385 e. The molecule has 0 amide bonds. The van der Waals surface area contributed by atoms with Gasteiger partial charge in [-0.05, 0) is 35.4 Å². The Morgan fingerprint density at radius 3 is 2.33 bits per heavy atom. The van der Waals surface area contributed by atoms with Crippen molar-refractivity contribution in [3.63, 3.8) is 0 Å². The Morgan fingerprint density at radius 1 is 0.889 bits per heavy atom. The van der Waals surface area contributed by atoms with Crippen LogP contribution in [0.3, 0.4) is 0 Å². The summed E-state index contributed by atoms with van der Waals surface area (Å²) in [5.41, 5.74) is 3.25. The number of aliphatic hydroxyl groups is 1. The normalized spacial score (nSPS) is 32.5. The minimum absolute atomic E-state index is 0.279. The van der Waals surface area contributed by atoms with Crippen LogP contribution < -0.4 is 0 Å². The lowest BCUT2D eigenvalue weighted by Gasteiger charge is -2.34. The zero-order valence-corrected chi connectivity index (χ0v) is 10.2. The maximum atomic E-state index is 11.1. The van der Waals surface area contributed by atoms with Crippen LogP contribution in [0.5, 0.6) is 0 Å². The van der Waals surface area contributed by atoms with Crippen molar-refractivity contribution in [1.29, 1.82) is 0 Å². The van der Waals surface area contributed by atoms with Gasteiger partial charge in [-0.25, -0.2) is 0 Å². The molecule has 2 aromatic rings. The molecule has 0 saturated heterocycles. The summed E-state index contributed by atoms with van der Waals surface area (Å²) in [5.74, 6) is 0.817. The van der Waals surface area contributed by atoms with Gasteiger partial charge in [0.05, 0.1) is 5.60 Å². The summed E-state index contributed by atoms with van der Waals surface area (Å²) in [6, 6.07) is 18.8. The monoisotopic (exact) mass is 236 g/mol. The van der Waals surface area contributed by atoms with E-state index in [0.29, 0.717) is 5.92 Å². The molecule has 2 bridgehead atoms. The lowest BCUT2D eigenvalue weighted by molar-refractivity contribution is 0.0209. The van der Waals surface area contributed by atoms with Gasteiger partial charge in [-0.3, -0.25) is 0 Å². The molecule has 0 radical (unpaired) electrons. The second-order valence-corrected chi connectivity index (χ2v) is 5.61. The summed E-state index contributed by atoms with van der Waals surface area (Å²) in [7, 11) is 0. The molecule has 0 heterocycles. The predicted molar refractivity (Wildman–Crippen MR) is 71.5 cm³/mol. The van der Waals surface area contributed by atoms with Crippen molar-refractivity contribution >= 4 is 0 Å². The summed E-state index contributed by atoms with van der Waals surface area (Å²) < 4.78 is 0. The van der Waals surface area contributed by atoms with E-state index in [2.05, 4.69) is 36.4 Å². The van der Waals surface area contributed by atoms with Gasteiger partial charge in [-0.15, -0.1) is 0 Å². The van der Waals surface area contributed by atoms with Crippen LogP contribution in [0, 0.1) is 0 Å². The molecule has 18 heavy (non-hydrogen) atoms. The van der Waals surface area contributed by atoms with Crippen LogP contribution in [0.4, 0.5) is 0 Å². The topological polar surface area (TPSA) is 20.2 Å². The first-order valence-electron chi connectivity index (χ1n) is 6.66. The maximum Gasteiger partial charge on any atom is 0.0970 e. The third-order valence-electron chi connectivity index (χ3n) is 4.74. The van der Waals surface area contributed by atoms with Crippen molar-refractivity contribution in [2.24, 2.45) is 0 Å². The number of hydrogen-bond donors (Lipinski definition) is 1. The summed E-state index contributed by atoms with van der Waals surface area (Å²) >= 11 is 0. The molecular weight excluding hydrogens is 220 g/mol. The molecule has 1 heteroatoms. The average Bonchev–Trinajstić information content (AvgIpc) is 2.96. The van der Waals surface area contributed by atoms with Crippen LogP contribution in [0.25, 0.3) is 0 Å². The van der Waals surface area contributed by atoms with E-state index < -0.39 is 5.60 Å². The second-order valence-electron chi connectivity index (χ2n) is 5.61. The number of rotatable bonds is 1. The summed E-state index contributed by atoms with van der Waals surface area (Å²) in [4.78, 5) is 0. The van der Waals surface area contributed by atoms with Crippen molar-refractivity contribution in [3.05, 3.63) is 71.3 Å². The zero-order valence-electron chi connectivity index (χ0n) is 10.2. The Balaban J connectivity index is 1.85. The van der Waals surface area contributed by atoms with E-state index in [-0.39, 0.29) is 5.92 Å². The minimum atomic E-state index is -0.652. The Labute approximate surface area is 107 Å². The van der Waals surface area contributed by atoms with E-state index >= 15 is 0 Å². The molecule has 0 spiro atoms. The van der Waals surface area contributed by atoms with Gasteiger partial charge in [0, 0.05) is 5.92 Å². The fraction of sp³-hybridized carbons (Fsp3) is 0.294. The van der Waals surface area contributed by atoms with E-state index in [0.717, 1.165) is 18.4 Å². The lowest BCUT2D eigenvalue weighted by atomic mass is 9.76. The molecule has 2 aliphatic carbocycles. The van der Waals surface area contributed by atoms with Gasteiger partial charge >= 0.3 is 0 Å². The van der Waals surface area contributed by atoms with Crippen molar-refractivity contribution in [3.8, 4) is 0 Å². The first kappa shape index (κ1) is 10.3. The molecule has 1 nitrogen and oxygen atoms in total. The van der Waals surface area contributed by atoms with Gasteiger partial charge in [0.2, 0.25) is 0 Å². The third kappa shape index (κ3) is 1.20.